The summed E-state index contributed by atoms with van der Waals surface area (Å²) in [5, 5.41) is 13.4. The van der Waals surface area contributed by atoms with Gasteiger partial charge in [-0.15, -0.1) is 0 Å². The second-order valence-corrected chi connectivity index (χ2v) is 6.41. The number of nitrogens with zero attached hydrogens (tertiary/aromatic N) is 2. The van der Waals surface area contributed by atoms with Crippen molar-refractivity contribution in [3.05, 3.63) is 30.1 Å². The zero-order chi connectivity index (χ0) is 16.1. The minimum atomic E-state index is -0.531. The number of piperidine rings is 1. The number of likely N-dealkylation sites (tertiary alicyclic amines) is 1. The highest BCUT2D eigenvalue weighted by Gasteiger charge is 2.31. The number of pyridine rings is 1. The third kappa shape index (κ3) is 4.50. The number of β-amino-alcohol motifs (C(OH)–C–C–N with tert-alkyl or cyclic N) is 1. The van der Waals surface area contributed by atoms with E-state index in [0.29, 0.717) is 19.8 Å². The van der Waals surface area contributed by atoms with Crippen molar-refractivity contribution < 1.29 is 14.6 Å². The quantitative estimate of drug-likeness (QED) is 0.848. The van der Waals surface area contributed by atoms with Crippen molar-refractivity contribution in [2.45, 2.75) is 38.0 Å². The number of hydrogen-bond donors (Lipinski definition) is 2. The summed E-state index contributed by atoms with van der Waals surface area (Å²) in [6.07, 6.45) is 3.58. The molecule has 3 heterocycles. The molecule has 0 saturated carbocycles. The van der Waals surface area contributed by atoms with Crippen molar-refractivity contribution in [1.29, 1.82) is 0 Å². The summed E-state index contributed by atoms with van der Waals surface area (Å²) in [6.45, 7) is 3.46. The predicted octanol–water partition coefficient (Wildman–Crippen LogP) is 0.560. The third-order valence-corrected chi connectivity index (χ3v) is 4.70. The van der Waals surface area contributed by atoms with Crippen molar-refractivity contribution in [2.75, 3.05) is 26.3 Å². The fourth-order valence-corrected chi connectivity index (χ4v) is 3.29. The molecule has 0 unspecified atom stereocenters. The fraction of sp³-hybridized carbons (Fsp3) is 0.647. The summed E-state index contributed by atoms with van der Waals surface area (Å²) in [5.41, 5.74) is 1.00. The highest BCUT2D eigenvalue weighted by Crippen LogP contribution is 2.18. The molecular weight excluding hydrogens is 294 g/mol. The van der Waals surface area contributed by atoms with E-state index in [-0.39, 0.29) is 17.9 Å². The molecule has 2 atom stereocenters. The number of amides is 1. The second kappa shape index (κ2) is 7.86. The minimum absolute atomic E-state index is 0.0301. The maximum absolute atomic E-state index is 12.3. The Bertz CT molecular complexity index is 505. The first kappa shape index (κ1) is 16.4. The van der Waals surface area contributed by atoms with Gasteiger partial charge in [-0.25, -0.2) is 0 Å². The standard InChI is InChI=1S/C17H25N3O3/c21-16-12-20(11-14-3-1-2-7-18-14)8-4-15(16)19-17(22)13-5-9-23-10-6-13/h1-3,7,13,15-16,21H,4-6,8-12H2,(H,19,22)/t15-,16-/m1/s1. The smallest absolute Gasteiger partial charge is 0.223 e. The van der Waals surface area contributed by atoms with Gasteiger partial charge in [-0.05, 0) is 31.4 Å². The number of nitrogens with one attached hydrogen (secondary N) is 1. The molecular formula is C17H25N3O3. The first-order chi connectivity index (χ1) is 11.2. The topological polar surface area (TPSA) is 74.7 Å². The maximum Gasteiger partial charge on any atom is 0.223 e. The summed E-state index contributed by atoms with van der Waals surface area (Å²) in [4.78, 5) is 18.8. The Balaban J connectivity index is 1.47. The van der Waals surface area contributed by atoms with Crippen molar-refractivity contribution in [2.24, 2.45) is 5.92 Å². The number of aromatic nitrogens is 1. The first-order valence-electron chi connectivity index (χ1n) is 8.41. The molecule has 0 spiro atoms. The molecule has 3 rings (SSSR count). The Morgan fingerprint density at radius 2 is 2.17 bits per heavy atom. The lowest BCUT2D eigenvalue weighted by Crippen LogP contribution is -2.55. The Morgan fingerprint density at radius 1 is 1.35 bits per heavy atom. The number of carbonyl (C=O) groups is 1. The molecule has 0 radical (unpaired) electrons. The molecule has 6 heteroatoms. The van der Waals surface area contributed by atoms with Gasteiger partial charge in [-0.1, -0.05) is 6.07 Å². The first-order valence-corrected chi connectivity index (χ1v) is 8.41. The third-order valence-electron chi connectivity index (χ3n) is 4.70. The van der Waals surface area contributed by atoms with Crippen molar-refractivity contribution in [3.8, 4) is 0 Å². The SMILES string of the molecule is O=C(N[C@@H]1CCN(Cc2ccccn2)C[C@H]1O)C1CCOCC1. The molecule has 0 aromatic carbocycles. The van der Waals surface area contributed by atoms with E-state index in [0.717, 1.165) is 38.0 Å². The maximum atomic E-state index is 12.3. The lowest BCUT2D eigenvalue weighted by atomic mass is 9.96. The molecule has 2 aliphatic rings. The second-order valence-electron chi connectivity index (χ2n) is 6.41. The van der Waals surface area contributed by atoms with Crippen LogP contribution in [0.1, 0.15) is 25.0 Å². The van der Waals surface area contributed by atoms with E-state index >= 15 is 0 Å². The van der Waals surface area contributed by atoms with Crippen LogP contribution >= 0.6 is 0 Å². The zero-order valence-corrected chi connectivity index (χ0v) is 13.4. The van der Waals surface area contributed by atoms with Crippen LogP contribution in [0.4, 0.5) is 0 Å². The van der Waals surface area contributed by atoms with E-state index in [9.17, 15) is 9.90 Å². The largest absolute Gasteiger partial charge is 0.390 e. The Morgan fingerprint density at radius 3 is 2.87 bits per heavy atom. The van der Waals surface area contributed by atoms with E-state index in [1.165, 1.54) is 0 Å². The summed E-state index contributed by atoms with van der Waals surface area (Å²) in [6, 6.07) is 5.71. The van der Waals surface area contributed by atoms with Crippen LogP contribution in [0.2, 0.25) is 0 Å². The summed E-state index contributed by atoms with van der Waals surface area (Å²) in [5.74, 6) is 0.0954. The number of ether oxygens (including phenoxy) is 1. The van der Waals surface area contributed by atoms with Gasteiger partial charge in [-0.2, -0.15) is 0 Å². The van der Waals surface area contributed by atoms with Crippen molar-refractivity contribution >= 4 is 5.91 Å². The van der Waals surface area contributed by atoms with Crippen LogP contribution in [0.25, 0.3) is 0 Å². The average molecular weight is 319 g/mol. The van der Waals surface area contributed by atoms with Crippen molar-refractivity contribution in [1.82, 2.24) is 15.2 Å². The van der Waals surface area contributed by atoms with Gasteiger partial charge in [-0.3, -0.25) is 14.7 Å². The molecule has 1 amide bonds. The van der Waals surface area contributed by atoms with E-state index in [1.807, 2.05) is 18.2 Å². The molecule has 0 bridgehead atoms. The Kier molecular flexibility index (Phi) is 5.59. The molecule has 1 aromatic heterocycles. The molecule has 2 saturated heterocycles. The van der Waals surface area contributed by atoms with Gasteiger partial charge < -0.3 is 15.2 Å². The number of rotatable bonds is 4. The molecule has 2 fully saturated rings. The van der Waals surface area contributed by atoms with E-state index in [4.69, 9.17) is 4.74 Å². The molecule has 1 aromatic rings. The van der Waals surface area contributed by atoms with Gasteiger partial charge in [0.1, 0.15) is 0 Å². The van der Waals surface area contributed by atoms with Gasteiger partial charge >= 0.3 is 0 Å². The molecule has 2 aliphatic heterocycles. The normalized spacial score (nSPS) is 26.8. The highest BCUT2D eigenvalue weighted by molar-refractivity contribution is 5.79. The van der Waals surface area contributed by atoms with Crippen LogP contribution in [0.5, 0.6) is 0 Å². The van der Waals surface area contributed by atoms with Crippen LogP contribution in [0.15, 0.2) is 24.4 Å². The summed E-state index contributed by atoms with van der Waals surface area (Å²) in [7, 11) is 0. The molecule has 23 heavy (non-hydrogen) atoms. The Hall–Kier alpha value is -1.50. The zero-order valence-electron chi connectivity index (χ0n) is 13.4. The number of aliphatic hydroxyl groups excluding tert-OH is 1. The summed E-state index contributed by atoms with van der Waals surface area (Å²) < 4.78 is 5.29. The van der Waals surface area contributed by atoms with Gasteiger partial charge in [0.25, 0.3) is 0 Å². The predicted molar refractivity (Wildman–Crippen MR) is 85.6 cm³/mol. The highest BCUT2D eigenvalue weighted by atomic mass is 16.5. The van der Waals surface area contributed by atoms with Gasteiger partial charge in [0.2, 0.25) is 5.91 Å². The van der Waals surface area contributed by atoms with E-state index in [1.54, 1.807) is 6.20 Å². The van der Waals surface area contributed by atoms with Crippen LogP contribution in [0, 0.1) is 5.92 Å². The lowest BCUT2D eigenvalue weighted by molar-refractivity contribution is -0.130. The van der Waals surface area contributed by atoms with Crippen LogP contribution < -0.4 is 5.32 Å². The van der Waals surface area contributed by atoms with Crippen LogP contribution in [-0.4, -0.2) is 59.3 Å². The Labute approximate surface area is 136 Å². The van der Waals surface area contributed by atoms with E-state index in [2.05, 4.69) is 15.2 Å². The monoisotopic (exact) mass is 319 g/mol. The summed E-state index contributed by atoms with van der Waals surface area (Å²) >= 11 is 0. The van der Waals surface area contributed by atoms with Crippen LogP contribution in [-0.2, 0) is 16.1 Å². The number of hydrogen-bond acceptors (Lipinski definition) is 5. The lowest BCUT2D eigenvalue weighted by Gasteiger charge is -2.37. The van der Waals surface area contributed by atoms with Crippen LogP contribution in [0.3, 0.4) is 0 Å². The molecule has 2 N–H and O–H groups in total. The number of carbonyl (C=O) groups excluding carboxylic acids is 1. The van der Waals surface area contributed by atoms with Gasteiger partial charge in [0.15, 0.2) is 0 Å². The molecule has 126 valence electrons. The average Bonchev–Trinajstić information content (AvgIpc) is 2.59. The molecule has 6 nitrogen and oxygen atoms in total. The molecule has 0 aliphatic carbocycles. The fourth-order valence-electron chi connectivity index (χ4n) is 3.29. The van der Waals surface area contributed by atoms with E-state index < -0.39 is 6.10 Å². The number of aliphatic hydroxyl groups is 1. The van der Waals surface area contributed by atoms with Crippen molar-refractivity contribution in [3.63, 3.8) is 0 Å². The van der Waals surface area contributed by atoms with Gasteiger partial charge in [0, 0.05) is 45.0 Å². The minimum Gasteiger partial charge on any atom is -0.390 e. The van der Waals surface area contributed by atoms with Gasteiger partial charge in [0.05, 0.1) is 17.8 Å².